The van der Waals surface area contributed by atoms with E-state index in [1.807, 2.05) is 35.7 Å². The maximum atomic E-state index is 12.5. The molecule has 0 atom stereocenters. The van der Waals surface area contributed by atoms with Gasteiger partial charge in [-0.25, -0.2) is 4.98 Å². The number of anilines is 1. The number of rotatable bonds is 8. The molecule has 0 bridgehead atoms. The molecule has 0 saturated heterocycles. The topological polar surface area (TPSA) is 114 Å². The fourth-order valence-corrected chi connectivity index (χ4v) is 3.47. The van der Waals surface area contributed by atoms with Crippen LogP contribution >= 0.6 is 11.3 Å². The van der Waals surface area contributed by atoms with Gasteiger partial charge < -0.3 is 16.4 Å². The molecule has 0 spiro atoms. The molecule has 0 aliphatic heterocycles. The SMILES string of the molecule is NC(=O)CCNC(=O)c1ccccc1NC(=O)Cc1csc(-c2ccccc2)n1. The number of nitrogens with zero attached hydrogens (tertiary/aromatic N) is 1. The molecule has 1 aromatic heterocycles. The van der Waals surface area contributed by atoms with E-state index in [0.29, 0.717) is 16.9 Å². The molecule has 148 valence electrons. The largest absolute Gasteiger partial charge is 0.370 e. The first-order valence-corrected chi connectivity index (χ1v) is 9.86. The molecular weight excluding hydrogens is 388 g/mol. The second kappa shape index (κ2) is 9.61. The highest BCUT2D eigenvalue weighted by Crippen LogP contribution is 2.23. The predicted octanol–water partition coefficient (Wildman–Crippen LogP) is 2.60. The van der Waals surface area contributed by atoms with Gasteiger partial charge in [0, 0.05) is 23.9 Å². The fraction of sp³-hybridized carbons (Fsp3) is 0.143. The number of nitrogens with two attached hydrogens (primary N) is 1. The number of benzene rings is 2. The monoisotopic (exact) mass is 408 g/mol. The zero-order valence-corrected chi connectivity index (χ0v) is 16.4. The quantitative estimate of drug-likeness (QED) is 0.531. The Kier molecular flexibility index (Phi) is 6.70. The van der Waals surface area contributed by atoms with Gasteiger partial charge in [-0.1, -0.05) is 42.5 Å². The second-order valence-corrected chi connectivity index (χ2v) is 7.11. The van der Waals surface area contributed by atoms with E-state index < -0.39 is 5.91 Å². The Morgan fingerprint density at radius 1 is 1.00 bits per heavy atom. The molecule has 4 N–H and O–H groups in total. The highest BCUT2D eigenvalue weighted by atomic mass is 32.1. The predicted molar refractivity (Wildman–Crippen MR) is 112 cm³/mol. The number of hydrogen-bond donors (Lipinski definition) is 3. The molecule has 0 aliphatic rings. The van der Waals surface area contributed by atoms with Gasteiger partial charge in [0.2, 0.25) is 11.8 Å². The van der Waals surface area contributed by atoms with Crippen LogP contribution in [0.3, 0.4) is 0 Å². The molecular formula is C21H20N4O3S. The van der Waals surface area contributed by atoms with Crippen molar-refractivity contribution in [3.63, 3.8) is 0 Å². The highest BCUT2D eigenvalue weighted by Gasteiger charge is 2.14. The smallest absolute Gasteiger partial charge is 0.253 e. The summed E-state index contributed by atoms with van der Waals surface area (Å²) in [5.74, 6) is -1.15. The molecule has 0 radical (unpaired) electrons. The lowest BCUT2D eigenvalue weighted by Gasteiger charge is -2.11. The number of carbonyl (C=O) groups excluding carboxylic acids is 3. The summed E-state index contributed by atoms with van der Waals surface area (Å²) in [6, 6.07) is 16.4. The minimum Gasteiger partial charge on any atom is -0.370 e. The molecule has 0 unspecified atom stereocenters. The van der Waals surface area contributed by atoms with E-state index in [1.165, 1.54) is 11.3 Å². The van der Waals surface area contributed by atoms with Crippen molar-refractivity contribution < 1.29 is 14.4 Å². The van der Waals surface area contributed by atoms with Gasteiger partial charge in [0.1, 0.15) is 5.01 Å². The van der Waals surface area contributed by atoms with Crippen molar-refractivity contribution in [3.05, 3.63) is 71.2 Å². The van der Waals surface area contributed by atoms with Crippen LogP contribution in [0.2, 0.25) is 0 Å². The van der Waals surface area contributed by atoms with Crippen molar-refractivity contribution in [1.82, 2.24) is 10.3 Å². The third-order valence-corrected chi connectivity index (χ3v) is 4.96. The summed E-state index contributed by atoms with van der Waals surface area (Å²) >= 11 is 1.48. The van der Waals surface area contributed by atoms with Crippen LogP contribution < -0.4 is 16.4 Å². The minimum absolute atomic E-state index is 0.0494. The number of amides is 3. The first-order chi connectivity index (χ1) is 14.0. The van der Waals surface area contributed by atoms with Crippen molar-refractivity contribution in [2.45, 2.75) is 12.8 Å². The normalized spacial score (nSPS) is 10.3. The fourth-order valence-electron chi connectivity index (χ4n) is 2.64. The van der Waals surface area contributed by atoms with E-state index in [2.05, 4.69) is 15.6 Å². The van der Waals surface area contributed by atoms with Crippen LogP contribution in [0.15, 0.2) is 60.0 Å². The third kappa shape index (κ3) is 5.73. The summed E-state index contributed by atoms with van der Waals surface area (Å²) in [6.45, 7) is 0.136. The van der Waals surface area contributed by atoms with Crippen LogP contribution in [-0.4, -0.2) is 29.3 Å². The Morgan fingerprint density at radius 2 is 1.72 bits per heavy atom. The average molecular weight is 408 g/mol. The van der Waals surface area contributed by atoms with E-state index in [0.717, 1.165) is 10.6 Å². The van der Waals surface area contributed by atoms with E-state index in [9.17, 15) is 14.4 Å². The van der Waals surface area contributed by atoms with E-state index in [1.54, 1.807) is 24.3 Å². The van der Waals surface area contributed by atoms with Crippen LogP contribution in [0, 0.1) is 0 Å². The number of primary amides is 1. The van der Waals surface area contributed by atoms with E-state index in [4.69, 9.17) is 5.73 Å². The number of aromatic nitrogens is 1. The molecule has 29 heavy (non-hydrogen) atoms. The molecule has 0 fully saturated rings. The van der Waals surface area contributed by atoms with Crippen molar-refractivity contribution >= 4 is 34.7 Å². The van der Waals surface area contributed by atoms with Gasteiger partial charge in [0.15, 0.2) is 0 Å². The second-order valence-electron chi connectivity index (χ2n) is 6.25. The number of nitrogens with one attached hydrogen (secondary N) is 2. The van der Waals surface area contributed by atoms with Crippen molar-refractivity contribution in [1.29, 1.82) is 0 Å². The van der Waals surface area contributed by atoms with Gasteiger partial charge in [-0.2, -0.15) is 0 Å². The van der Waals surface area contributed by atoms with Crippen molar-refractivity contribution in [3.8, 4) is 10.6 Å². The zero-order valence-electron chi connectivity index (χ0n) is 15.6. The molecule has 3 aromatic rings. The van der Waals surface area contributed by atoms with Gasteiger partial charge in [-0.05, 0) is 12.1 Å². The lowest BCUT2D eigenvalue weighted by atomic mass is 10.1. The standard InChI is InChI=1S/C21H20N4O3S/c22-18(26)10-11-23-20(28)16-8-4-5-9-17(16)25-19(27)12-15-13-29-21(24-15)14-6-2-1-3-7-14/h1-9,13H,10-12H2,(H2,22,26)(H,23,28)(H,25,27). The Balaban J connectivity index is 1.63. The van der Waals surface area contributed by atoms with Gasteiger partial charge >= 0.3 is 0 Å². The Labute approximate surface area is 172 Å². The van der Waals surface area contributed by atoms with Crippen LogP contribution in [0.25, 0.3) is 10.6 Å². The molecule has 1 heterocycles. The molecule has 7 nitrogen and oxygen atoms in total. The van der Waals surface area contributed by atoms with Crippen LogP contribution in [0.4, 0.5) is 5.69 Å². The first kappa shape index (κ1) is 20.2. The summed E-state index contributed by atoms with van der Waals surface area (Å²) in [6.07, 6.45) is 0.148. The van der Waals surface area contributed by atoms with Gasteiger partial charge in [0.25, 0.3) is 5.91 Å². The summed E-state index contributed by atoms with van der Waals surface area (Å²) in [5.41, 5.74) is 7.45. The Hall–Kier alpha value is -3.52. The van der Waals surface area contributed by atoms with Gasteiger partial charge in [0.05, 0.1) is 23.4 Å². The molecule has 3 amide bonds. The lowest BCUT2D eigenvalue weighted by molar-refractivity contribution is -0.118. The summed E-state index contributed by atoms with van der Waals surface area (Å²) in [5, 5.41) is 8.08. The molecule has 2 aromatic carbocycles. The summed E-state index contributed by atoms with van der Waals surface area (Å²) in [7, 11) is 0. The van der Waals surface area contributed by atoms with Gasteiger partial charge in [-0.3, -0.25) is 14.4 Å². The maximum absolute atomic E-state index is 12.5. The number of carbonyl (C=O) groups is 3. The Bertz CT molecular complexity index is 1020. The average Bonchev–Trinajstić information content (AvgIpc) is 3.17. The lowest BCUT2D eigenvalue weighted by Crippen LogP contribution is -2.29. The van der Waals surface area contributed by atoms with Crippen molar-refractivity contribution in [2.75, 3.05) is 11.9 Å². The van der Waals surface area contributed by atoms with E-state index >= 15 is 0 Å². The number of thiazole rings is 1. The van der Waals surface area contributed by atoms with E-state index in [-0.39, 0.29) is 31.2 Å². The first-order valence-electron chi connectivity index (χ1n) is 8.98. The molecule has 0 aliphatic carbocycles. The Morgan fingerprint density at radius 3 is 2.48 bits per heavy atom. The van der Waals surface area contributed by atoms with Crippen molar-refractivity contribution in [2.24, 2.45) is 5.73 Å². The van der Waals surface area contributed by atoms with Crippen LogP contribution in [-0.2, 0) is 16.0 Å². The number of hydrogen-bond acceptors (Lipinski definition) is 5. The summed E-state index contributed by atoms with van der Waals surface area (Å²) < 4.78 is 0. The van der Waals surface area contributed by atoms with Gasteiger partial charge in [-0.15, -0.1) is 11.3 Å². The minimum atomic E-state index is -0.495. The number of para-hydroxylation sites is 1. The highest BCUT2D eigenvalue weighted by molar-refractivity contribution is 7.13. The van der Waals surface area contributed by atoms with Crippen LogP contribution in [0.1, 0.15) is 22.5 Å². The zero-order chi connectivity index (χ0) is 20.6. The summed E-state index contributed by atoms with van der Waals surface area (Å²) in [4.78, 5) is 40.1. The van der Waals surface area contributed by atoms with Crippen LogP contribution in [0.5, 0.6) is 0 Å². The molecule has 8 heteroatoms. The third-order valence-electron chi connectivity index (χ3n) is 4.02. The molecule has 3 rings (SSSR count). The molecule has 0 saturated carbocycles. The maximum Gasteiger partial charge on any atom is 0.253 e.